The molecule has 0 atom stereocenters. The lowest BCUT2D eigenvalue weighted by Gasteiger charge is -2.08. The molecule has 2 aromatic rings. The molecule has 1 heterocycles. The van der Waals surface area contributed by atoms with Gasteiger partial charge in [-0.3, -0.25) is 9.36 Å². The fourth-order valence-electron chi connectivity index (χ4n) is 2.08. The Bertz CT molecular complexity index is 675. The van der Waals surface area contributed by atoms with E-state index in [4.69, 9.17) is 17.0 Å². The third-order valence-electron chi connectivity index (χ3n) is 3.20. The van der Waals surface area contributed by atoms with Crippen molar-refractivity contribution in [2.24, 2.45) is 0 Å². The smallest absolute Gasteiger partial charge is 0.262 e. The molecule has 0 bridgehead atoms. The highest BCUT2D eigenvalue weighted by Gasteiger charge is 2.04. The molecule has 0 radical (unpaired) electrons. The molecular formula is C15H20N2O2S. The normalized spacial score (nSPS) is 11.1. The first kappa shape index (κ1) is 14.9. The van der Waals surface area contributed by atoms with Gasteiger partial charge in [0, 0.05) is 19.8 Å². The number of unbranched alkanes of at least 4 members (excludes halogenated alkanes) is 1. The van der Waals surface area contributed by atoms with Crippen LogP contribution in [0.5, 0.6) is 0 Å². The Balaban J connectivity index is 2.07. The maximum absolute atomic E-state index is 12.4. The fourth-order valence-corrected chi connectivity index (χ4v) is 2.36. The van der Waals surface area contributed by atoms with Crippen molar-refractivity contribution in [2.45, 2.75) is 32.7 Å². The predicted octanol–water partition coefficient (Wildman–Crippen LogP) is 3.27. The van der Waals surface area contributed by atoms with Crippen LogP contribution in [0.15, 0.2) is 29.1 Å². The number of hydrogen-bond donors (Lipinski definition) is 1. The summed E-state index contributed by atoms with van der Waals surface area (Å²) in [5.74, 6) is 0. The summed E-state index contributed by atoms with van der Waals surface area (Å²) >= 11 is 5.25. The van der Waals surface area contributed by atoms with Gasteiger partial charge in [-0.25, -0.2) is 0 Å². The third-order valence-corrected chi connectivity index (χ3v) is 3.52. The van der Waals surface area contributed by atoms with Crippen molar-refractivity contribution in [3.05, 3.63) is 39.4 Å². The van der Waals surface area contributed by atoms with E-state index in [1.165, 1.54) is 0 Å². The van der Waals surface area contributed by atoms with E-state index in [0.717, 1.165) is 31.4 Å². The van der Waals surface area contributed by atoms with Gasteiger partial charge >= 0.3 is 0 Å². The molecule has 0 aliphatic carbocycles. The Kier molecular flexibility index (Phi) is 5.49. The molecule has 5 heteroatoms. The number of fused-ring (bicyclic) bond motifs is 1. The van der Waals surface area contributed by atoms with Crippen LogP contribution in [0.2, 0.25) is 0 Å². The minimum atomic E-state index is -0.0297. The van der Waals surface area contributed by atoms with Gasteiger partial charge in [0.25, 0.3) is 5.56 Å². The monoisotopic (exact) mass is 292 g/mol. The number of ether oxygens (including phenoxy) is 1. The van der Waals surface area contributed by atoms with Crippen LogP contribution in [0.3, 0.4) is 0 Å². The zero-order valence-electron chi connectivity index (χ0n) is 11.7. The van der Waals surface area contributed by atoms with Crippen LogP contribution >= 0.6 is 12.2 Å². The Labute approximate surface area is 123 Å². The molecule has 20 heavy (non-hydrogen) atoms. The molecule has 0 amide bonds. The van der Waals surface area contributed by atoms with Crippen molar-refractivity contribution in [3.63, 3.8) is 0 Å². The molecule has 0 aliphatic rings. The topological polar surface area (TPSA) is 47.0 Å². The van der Waals surface area contributed by atoms with E-state index < -0.39 is 0 Å². The molecular weight excluding hydrogens is 272 g/mol. The lowest BCUT2D eigenvalue weighted by atomic mass is 10.2. The number of nitrogens with zero attached hydrogens (tertiary/aromatic N) is 1. The van der Waals surface area contributed by atoms with Crippen molar-refractivity contribution >= 4 is 23.1 Å². The average Bonchev–Trinajstić information content (AvgIpc) is 2.45. The van der Waals surface area contributed by atoms with Crippen LogP contribution in [-0.4, -0.2) is 22.8 Å². The Morgan fingerprint density at radius 1 is 1.25 bits per heavy atom. The van der Waals surface area contributed by atoms with Gasteiger partial charge in [0.05, 0.1) is 10.9 Å². The maximum atomic E-state index is 12.4. The van der Waals surface area contributed by atoms with E-state index >= 15 is 0 Å². The molecule has 0 aliphatic heterocycles. The molecule has 4 nitrogen and oxygen atoms in total. The summed E-state index contributed by atoms with van der Waals surface area (Å²) in [6, 6.07) is 7.43. The largest absolute Gasteiger partial charge is 0.381 e. The number of H-pyrrole nitrogens is 1. The number of hydrogen-bond acceptors (Lipinski definition) is 3. The number of nitrogens with one attached hydrogen (secondary N) is 1. The standard InChI is InChI=1S/C15H20N2O2S/c1-2-3-10-19-11-6-9-17-14(18)12-7-4-5-8-13(12)16-15(17)20/h4-5,7-8H,2-3,6,9-11H2,1H3,(H,16,20). The highest BCUT2D eigenvalue weighted by molar-refractivity contribution is 7.71. The van der Waals surface area contributed by atoms with E-state index in [2.05, 4.69) is 11.9 Å². The van der Waals surface area contributed by atoms with Crippen LogP contribution in [0.4, 0.5) is 0 Å². The predicted molar refractivity (Wildman–Crippen MR) is 83.7 cm³/mol. The molecule has 2 rings (SSSR count). The highest BCUT2D eigenvalue weighted by atomic mass is 32.1. The van der Waals surface area contributed by atoms with Crippen molar-refractivity contribution in [1.82, 2.24) is 9.55 Å². The fraction of sp³-hybridized carbons (Fsp3) is 0.467. The van der Waals surface area contributed by atoms with E-state index in [0.29, 0.717) is 23.3 Å². The zero-order chi connectivity index (χ0) is 14.4. The van der Waals surface area contributed by atoms with Gasteiger partial charge in [0.15, 0.2) is 4.77 Å². The molecule has 0 fully saturated rings. The van der Waals surface area contributed by atoms with Gasteiger partial charge in [-0.15, -0.1) is 0 Å². The highest BCUT2D eigenvalue weighted by Crippen LogP contribution is 2.06. The zero-order valence-corrected chi connectivity index (χ0v) is 12.5. The van der Waals surface area contributed by atoms with E-state index in [1.54, 1.807) is 4.57 Å². The van der Waals surface area contributed by atoms with Gasteiger partial charge in [-0.05, 0) is 37.2 Å². The summed E-state index contributed by atoms with van der Waals surface area (Å²) in [5.41, 5.74) is 0.760. The summed E-state index contributed by atoms with van der Waals surface area (Å²) in [7, 11) is 0. The molecule has 0 saturated carbocycles. The van der Waals surface area contributed by atoms with Crippen molar-refractivity contribution < 1.29 is 4.74 Å². The molecule has 108 valence electrons. The Hall–Kier alpha value is -1.46. The van der Waals surface area contributed by atoms with Crippen molar-refractivity contribution in [2.75, 3.05) is 13.2 Å². The second-order valence-corrected chi connectivity index (χ2v) is 5.14. The van der Waals surface area contributed by atoms with Gasteiger partial charge in [0.1, 0.15) is 0 Å². The van der Waals surface area contributed by atoms with Crippen LogP contribution in [0.25, 0.3) is 10.9 Å². The van der Waals surface area contributed by atoms with E-state index in [1.807, 2.05) is 24.3 Å². The minimum absolute atomic E-state index is 0.0297. The number of benzene rings is 1. The molecule has 1 aromatic carbocycles. The average molecular weight is 292 g/mol. The van der Waals surface area contributed by atoms with Gasteiger partial charge in [0.2, 0.25) is 0 Å². The Morgan fingerprint density at radius 2 is 2.00 bits per heavy atom. The van der Waals surface area contributed by atoms with Crippen LogP contribution < -0.4 is 5.56 Å². The van der Waals surface area contributed by atoms with E-state index in [-0.39, 0.29) is 5.56 Å². The molecule has 1 aromatic heterocycles. The number of aromatic amines is 1. The number of rotatable bonds is 7. The van der Waals surface area contributed by atoms with Crippen LogP contribution in [-0.2, 0) is 11.3 Å². The Morgan fingerprint density at radius 3 is 2.80 bits per heavy atom. The van der Waals surface area contributed by atoms with Crippen LogP contribution in [0.1, 0.15) is 26.2 Å². The lowest BCUT2D eigenvalue weighted by molar-refractivity contribution is 0.125. The molecule has 0 saturated heterocycles. The summed E-state index contributed by atoms with van der Waals surface area (Å²) in [6.45, 7) is 4.17. The summed E-state index contributed by atoms with van der Waals surface area (Å²) < 4.78 is 7.59. The minimum Gasteiger partial charge on any atom is -0.381 e. The maximum Gasteiger partial charge on any atom is 0.262 e. The van der Waals surface area contributed by atoms with Crippen molar-refractivity contribution in [1.29, 1.82) is 0 Å². The number of para-hydroxylation sites is 1. The second-order valence-electron chi connectivity index (χ2n) is 4.75. The van der Waals surface area contributed by atoms with Gasteiger partial charge < -0.3 is 9.72 Å². The lowest BCUT2D eigenvalue weighted by Crippen LogP contribution is -2.23. The van der Waals surface area contributed by atoms with Crippen LogP contribution in [0, 0.1) is 4.77 Å². The molecule has 1 N–H and O–H groups in total. The first-order valence-corrected chi connectivity index (χ1v) is 7.44. The van der Waals surface area contributed by atoms with Gasteiger partial charge in [-0.2, -0.15) is 0 Å². The van der Waals surface area contributed by atoms with E-state index in [9.17, 15) is 4.79 Å². The SMILES string of the molecule is CCCCOCCCn1c(=S)[nH]c2ccccc2c1=O. The van der Waals surface area contributed by atoms with Crippen molar-refractivity contribution in [3.8, 4) is 0 Å². The third kappa shape index (κ3) is 3.55. The molecule has 0 spiro atoms. The summed E-state index contributed by atoms with van der Waals surface area (Å²) in [6.07, 6.45) is 3.00. The second kappa shape index (κ2) is 7.36. The summed E-state index contributed by atoms with van der Waals surface area (Å²) in [5, 5.41) is 0.674. The first-order valence-electron chi connectivity index (χ1n) is 7.03. The quantitative estimate of drug-likeness (QED) is 0.629. The van der Waals surface area contributed by atoms with Gasteiger partial charge in [-0.1, -0.05) is 25.5 Å². The first-order chi connectivity index (χ1) is 9.74. The number of aromatic nitrogens is 2. The summed E-state index contributed by atoms with van der Waals surface area (Å²) in [4.78, 5) is 15.4. The molecule has 0 unspecified atom stereocenters.